The van der Waals surface area contributed by atoms with E-state index in [0.29, 0.717) is 23.2 Å². The van der Waals surface area contributed by atoms with Crippen LogP contribution in [0.1, 0.15) is 117 Å². The first-order chi connectivity index (χ1) is 24.4. The molecular formula is C35H35N5O11. The molecule has 51 heavy (non-hydrogen) atoms. The second-order valence-corrected chi connectivity index (χ2v) is 12.0. The number of unbranched alkanes of at least 4 members (excludes halogenated alkanes) is 4. The molecule has 3 N–H and O–H groups in total. The maximum Gasteiger partial charge on any atom is 0.373 e. The van der Waals surface area contributed by atoms with Crippen molar-refractivity contribution < 1.29 is 52.7 Å². The fraction of sp³-hybridized carbons (Fsp3) is 0.371. The van der Waals surface area contributed by atoms with Crippen molar-refractivity contribution in [1.82, 2.24) is 25.8 Å². The third-order valence-corrected chi connectivity index (χ3v) is 8.62. The predicted octanol–water partition coefficient (Wildman–Crippen LogP) is 1.29. The summed E-state index contributed by atoms with van der Waals surface area (Å²) in [5.41, 5.74) is 1.17. The summed E-state index contributed by atoms with van der Waals surface area (Å²) in [4.78, 5) is 126. The van der Waals surface area contributed by atoms with E-state index >= 15 is 0 Å². The zero-order valence-corrected chi connectivity index (χ0v) is 27.7. The van der Waals surface area contributed by atoms with Gasteiger partial charge in [-0.1, -0.05) is 44.7 Å². The van der Waals surface area contributed by atoms with E-state index in [1.54, 1.807) is 24.3 Å². The van der Waals surface area contributed by atoms with Crippen LogP contribution in [0.4, 0.5) is 0 Å². The Morgan fingerprint density at radius 3 is 1.61 bits per heavy atom. The lowest BCUT2D eigenvalue weighted by Gasteiger charge is -2.27. The van der Waals surface area contributed by atoms with Crippen molar-refractivity contribution in [1.29, 1.82) is 0 Å². The summed E-state index contributed by atoms with van der Waals surface area (Å²) in [5, 5.41) is 7.14. The standard InChI is InChI=1S/C21H25N3O5.C13H10N2O4.CO2/c1-2-3-4-5-6-11-22-18(26)13-7-8-14-15(12-13)21(29)24(20(14)28)16-9-10-17(25)23-19(16)27;16-10-6-5-9(11(17)14-10)15-12(18)7-3-1-2-4-8(7)13(15)19;2-1-3/h7-8,12,16H,2-6,9-11H2,1H3,(H,22,26)(H,23,25,27);1-4,9H,5-6H2,(H,14,16,17);. The number of nitrogens with one attached hydrogen (secondary N) is 3. The molecule has 0 radical (unpaired) electrons. The molecule has 2 unspecified atom stereocenters. The first kappa shape index (κ1) is 37.7. The highest BCUT2D eigenvalue weighted by atomic mass is 16.2. The zero-order chi connectivity index (χ0) is 37.2. The van der Waals surface area contributed by atoms with Crippen LogP contribution in [-0.2, 0) is 28.8 Å². The van der Waals surface area contributed by atoms with Crippen LogP contribution in [0.3, 0.4) is 0 Å². The monoisotopic (exact) mass is 701 g/mol. The molecule has 2 fully saturated rings. The van der Waals surface area contributed by atoms with Gasteiger partial charge in [0.15, 0.2) is 0 Å². The summed E-state index contributed by atoms with van der Waals surface area (Å²) in [6.45, 7) is 2.69. The van der Waals surface area contributed by atoms with Crippen molar-refractivity contribution in [2.45, 2.75) is 76.8 Å². The van der Waals surface area contributed by atoms with Crippen molar-refractivity contribution in [2.75, 3.05) is 6.54 Å². The van der Waals surface area contributed by atoms with E-state index in [-0.39, 0.29) is 54.8 Å². The Morgan fingerprint density at radius 2 is 1.14 bits per heavy atom. The van der Waals surface area contributed by atoms with Crippen molar-refractivity contribution in [2.24, 2.45) is 0 Å². The van der Waals surface area contributed by atoms with E-state index in [1.165, 1.54) is 24.6 Å². The highest BCUT2D eigenvalue weighted by molar-refractivity contribution is 6.24. The number of rotatable bonds is 9. The molecule has 0 saturated carbocycles. The second-order valence-electron chi connectivity index (χ2n) is 12.0. The third-order valence-electron chi connectivity index (χ3n) is 8.62. The molecule has 2 aromatic carbocycles. The Bertz CT molecular complexity index is 1800. The van der Waals surface area contributed by atoms with Crippen molar-refractivity contribution in [3.63, 3.8) is 0 Å². The van der Waals surface area contributed by atoms with Gasteiger partial charge >= 0.3 is 6.15 Å². The fourth-order valence-corrected chi connectivity index (χ4v) is 6.06. The number of piperidine rings is 2. The van der Waals surface area contributed by atoms with Gasteiger partial charge in [0.1, 0.15) is 12.1 Å². The number of nitrogens with zero attached hydrogens (tertiary/aromatic N) is 2. The molecule has 2 aromatic rings. The van der Waals surface area contributed by atoms with E-state index in [4.69, 9.17) is 9.59 Å². The molecule has 9 amide bonds. The molecule has 266 valence electrons. The molecule has 4 aliphatic heterocycles. The lowest BCUT2D eigenvalue weighted by molar-refractivity contribution is -0.191. The van der Waals surface area contributed by atoms with Crippen molar-refractivity contribution in [3.05, 3.63) is 70.3 Å². The summed E-state index contributed by atoms with van der Waals surface area (Å²) in [5.74, 6) is -4.50. The van der Waals surface area contributed by atoms with E-state index in [0.717, 1.165) is 35.5 Å². The molecular weight excluding hydrogens is 666 g/mol. The summed E-state index contributed by atoms with van der Waals surface area (Å²) in [7, 11) is 0. The number of hydrogen-bond donors (Lipinski definition) is 3. The van der Waals surface area contributed by atoms with Crippen LogP contribution in [0.5, 0.6) is 0 Å². The van der Waals surface area contributed by atoms with Crippen LogP contribution in [0.2, 0.25) is 0 Å². The Hall–Kier alpha value is -6.15. The molecule has 16 heteroatoms. The van der Waals surface area contributed by atoms with E-state index < -0.39 is 53.4 Å². The number of fused-ring (bicyclic) bond motifs is 2. The predicted molar refractivity (Wildman–Crippen MR) is 172 cm³/mol. The normalized spacial score (nSPS) is 19.2. The van der Waals surface area contributed by atoms with Crippen LogP contribution in [-0.4, -0.2) is 87.7 Å². The molecule has 2 atom stereocenters. The first-order valence-electron chi connectivity index (χ1n) is 16.4. The van der Waals surface area contributed by atoms with E-state index in [1.807, 2.05) is 0 Å². The zero-order valence-electron chi connectivity index (χ0n) is 27.7. The average Bonchev–Trinajstić information content (AvgIpc) is 3.50. The minimum atomic E-state index is -1.01. The molecule has 2 saturated heterocycles. The number of benzene rings is 2. The molecule has 6 rings (SSSR count). The van der Waals surface area contributed by atoms with Crippen molar-refractivity contribution >= 4 is 59.3 Å². The molecule has 16 nitrogen and oxygen atoms in total. The van der Waals surface area contributed by atoms with Gasteiger partial charge in [-0.15, -0.1) is 0 Å². The fourth-order valence-electron chi connectivity index (χ4n) is 6.06. The van der Waals surface area contributed by atoms with Gasteiger partial charge in [-0.2, -0.15) is 9.59 Å². The second kappa shape index (κ2) is 17.0. The molecule has 4 heterocycles. The molecule has 0 spiro atoms. The summed E-state index contributed by atoms with van der Waals surface area (Å²) in [6, 6.07) is 8.87. The first-order valence-corrected chi connectivity index (χ1v) is 16.4. The lowest BCUT2D eigenvalue weighted by Crippen LogP contribution is -2.54. The van der Waals surface area contributed by atoms with Crippen molar-refractivity contribution in [3.8, 4) is 0 Å². The maximum atomic E-state index is 12.8. The smallest absolute Gasteiger partial charge is 0.352 e. The quantitative estimate of drug-likeness (QED) is 0.249. The largest absolute Gasteiger partial charge is 0.373 e. The number of imide groups is 4. The number of carbonyl (C=O) groups excluding carboxylic acids is 11. The summed E-state index contributed by atoms with van der Waals surface area (Å²) >= 11 is 0. The molecule has 0 aromatic heterocycles. The minimum absolute atomic E-state index is 0.0652. The Balaban J connectivity index is 0.000000228. The average molecular weight is 702 g/mol. The van der Waals surface area contributed by atoms with Gasteiger partial charge in [-0.25, -0.2) is 0 Å². The van der Waals surface area contributed by atoms with Crippen LogP contribution in [0, 0.1) is 0 Å². The Kier molecular flexibility index (Phi) is 12.5. The Labute approximate surface area is 291 Å². The van der Waals surface area contributed by atoms with E-state index in [9.17, 15) is 43.2 Å². The van der Waals surface area contributed by atoms with Crippen LogP contribution >= 0.6 is 0 Å². The lowest BCUT2D eigenvalue weighted by atomic mass is 10.0. The summed E-state index contributed by atoms with van der Waals surface area (Å²) < 4.78 is 0. The topological polar surface area (TPSA) is 230 Å². The van der Waals surface area contributed by atoms with Gasteiger partial charge in [0.25, 0.3) is 29.5 Å². The molecule has 0 bridgehead atoms. The molecule has 4 aliphatic rings. The van der Waals surface area contributed by atoms with E-state index in [2.05, 4.69) is 22.9 Å². The third kappa shape index (κ3) is 8.36. The van der Waals surface area contributed by atoms with Crippen LogP contribution < -0.4 is 16.0 Å². The maximum absolute atomic E-state index is 12.8. The Morgan fingerprint density at radius 1 is 0.686 bits per heavy atom. The number of hydrogen-bond acceptors (Lipinski definition) is 11. The molecule has 0 aliphatic carbocycles. The van der Waals surface area contributed by atoms with Crippen LogP contribution in [0.15, 0.2) is 42.5 Å². The SMILES string of the molecule is CCCCCCCNC(=O)c1ccc2c(c1)C(=O)N(C1CCC(=O)NC1=O)C2=O.O=C1CCC(N2C(=O)c3ccccc3C2=O)C(=O)N1.O=C=O. The number of carbonyl (C=O) groups is 9. The van der Waals surface area contributed by atoms with Gasteiger partial charge in [0.2, 0.25) is 23.6 Å². The minimum Gasteiger partial charge on any atom is -0.352 e. The van der Waals surface area contributed by atoms with Gasteiger partial charge < -0.3 is 5.32 Å². The highest BCUT2D eigenvalue weighted by Gasteiger charge is 2.45. The number of amides is 9. The summed E-state index contributed by atoms with van der Waals surface area (Å²) in [6.07, 6.45) is 6.13. The van der Waals surface area contributed by atoms with Gasteiger partial charge in [-0.05, 0) is 49.6 Å². The highest BCUT2D eigenvalue weighted by Crippen LogP contribution is 2.29. The van der Waals surface area contributed by atoms with Crippen LogP contribution in [0.25, 0.3) is 0 Å². The van der Waals surface area contributed by atoms with Gasteiger partial charge in [-0.3, -0.25) is 63.6 Å². The van der Waals surface area contributed by atoms with Gasteiger partial charge in [0, 0.05) is 24.9 Å². The van der Waals surface area contributed by atoms with Gasteiger partial charge in [0.05, 0.1) is 22.3 Å².